The second-order valence-electron chi connectivity index (χ2n) is 3.82. The van der Waals surface area contributed by atoms with E-state index in [1.807, 2.05) is 31.2 Å². The van der Waals surface area contributed by atoms with Crippen molar-refractivity contribution in [2.45, 2.75) is 31.6 Å². The first-order valence-electron chi connectivity index (χ1n) is 4.50. The van der Waals surface area contributed by atoms with E-state index >= 15 is 0 Å². The summed E-state index contributed by atoms with van der Waals surface area (Å²) in [6.45, 7) is 1.96. The minimum Gasteiger partial charge on any atom is -0.210 e. The molecule has 1 aliphatic carbocycles. The smallest absolute Gasteiger partial charge is 0.210 e. The minimum atomic E-state index is -2.21. The number of hydrogen-bond acceptors (Lipinski definition) is 0. The fraction of sp³-hybridized carbons (Fsp3) is 0.455. The summed E-state index contributed by atoms with van der Waals surface area (Å²) in [6.07, 6.45) is -0.947. The Kier molecular flexibility index (Phi) is 1.86. The monoisotopic (exact) mass is 182 g/mol. The third kappa shape index (κ3) is 1.34. The summed E-state index contributed by atoms with van der Waals surface area (Å²) in [7, 11) is 0. The first-order valence-corrected chi connectivity index (χ1v) is 4.50. The Bertz CT molecular complexity index is 296. The summed E-state index contributed by atoms with van der Waals surface area (Å²) in [5.74, 6) is 0. The molecule has 0 aromatic heterocycles. The number of benzene rings is 1. The van der Waals surface area contributed by atoms with Crippen LogP contribution in [0.25, 0.3) is 0 Å². The lowest BCUT2D eigenvalue weighted by Crippen LogP contribution is -2.17. The highest BCUT2D eigenvalue weighted by Crippen LogP contribution is 2.52. The molecule has 0 N–H and O–H groups in total. The van der Waals surface area contributed by atoms with E-state index in [2.05, 4.69) is 0 Å². The average Bonchev–Trinajstić information content (AvgIpc) is 2.86. The maximum absolute atomic E-state index is 12.7. The predicted octanol–water partition coefficient (Wildman–Crippen LogP) is 3.29. The molecule has 1 aliphatic rings. The van der Waals surface area contributed by atoms with Gasteiger partial charge in [-0.1, -0.05) is 29.8 Å². The van der Waals surface area contributed by atoms with Gasteiger partial charge in [0.1, 0.15) is 0 Å². The third-order valence-electron chi connectivity index (χ3n) is 2.83. The SMILES string of the molecule is Cc1ccc(C2(C(F)F)CC2)cc1. The first-order chi connectivity index (χ1) is 6.15. The molecule has 0 unspecified atom stereocenters. The van der Waals surface area contributed by atoms with Crippen LogP contribution in [-0.4, -0.2) is 6.43 Å². The van der Waals surface area contributed by atoms with Crippen LogP contribution in [0.15, 0.2) is 24.3 Å². The lowest BCUT2D eigenvalue weighted by atomic mass is 9.96. The van der Waals surface area contributed by atoms with Crippen molar-refractivity contribution in [2.24, 2.45) is 0 Å². The van der Waals surface area contributed by atoms with E-state index in [0.717, 1.165) is 11.1 Å². The van der Waals surface area contributed by atoms with Gasteiger partial charge in [0.25, 0.3) is 0 Å². The van der Waals surface area contributed by atoms with E-state index in [4.69, 9.17) is 0 Å². The van der Waals surface area contributed by atoms with Gasteiger partial charge in [-0.05, 0) is 25.3 Å². The maximum atomic E-state index is 12.7. The van der Waals surface area contributed by atoms with E-state index in [1.54, 1.807) is 0 Å². The van der Waals surface area contributed by atoms with Crippen LogP contribution < -0.4 is 0 Å². The lowest BCUT2D eigenvalue weighted by molar-refractivity contribution is 0.102. The standard InChI is InChI=1S/C11H12F2/c1-8-2-4-9(5-3-8)11(6-7-11)10(12)13/h2-5,10H,6-7H2,1H3. The molecule has 0 saturated heterocycles. The highest BCUT2D eigenvalue weighted by Gasteiger charge is 2.52. The Balaban J connectivity index is 2.31. The molecule has 13 heavy (non-hydrogen) atoms. The molecule has 0 radical (unpaired) electrons. The fourth-order valence-corrected chi connectivity index (χ4v) is 1.65. The maximum Gasteiger partial charge on any atom is 0.248 e. The fourth-order valence-electron chi connectivity index (χ4n) is 1.65. The van der Waals surface area contributed by atoms with Crippen LogP contribution in [0.5, 0.6) is 0 Å². The van der Waals surface area contributed by atoms with Crippen molar-refractivity contribution in [1.29, 1.82) is 0 Å². The molecule has 0 atom stereocenters. The van der Waals surface area contributed by atoms with Crippen molar-refractivity contribution < 1.29 is 8.78 Å². The van der Waals surface area contributed by atoms with E-state index in [9.17, 15) is 8.78 Å². The van der Waals surface area contributed by atoms with E-state index in [0.29, 0.717) is 12.8 Å². The minimum absolute atomic E-state index is 0.633. The molecule has 1 aromatic carbocycles. The molecule has 1 fully saturated rings. The molecule has 70 valence electrons. The van der Waals surface area contributed by atoms with Gasteiger partial charge < -0.3 is 0 Å². The van der Waals surface area contributed by atoms with Crippen molar-refractivity contribution >= 4 is 0 Å². The van der Waals surface area contributed by atoms with Crippen LogP contribution in [0.3, 0.4) is 0 Å². The van der Waals surface area contributed by atoms with Gasteiger partial charge in [-0.3, -0.25) is 0 Å². The number of hydrogen-bond donors (Lipinski definition) is 0. The molecule has 1 saturated carbocycles. The van der Waals surface area contributed by atoms with E-state index in [-0.39, 0.29) is 0 Å². The Morgan fingerprint density at radius 2 is 1.69 bits per heavy atom. The summed E-state index contributed by atoms with van der Waals surface area (Å²) in [5.41, 5.74) is 1.12. The van der Waals surface area contributed by atoms with Crippen LogP contribution in [0.2, 0.25) is 0 Å². The highest BCUT2D eigenvalue weighted by molar-refractivity contribution is 5.34. The molecule has 0 amide bonds. The van der Waals surface area contributed by atoms with Gasteiger partial charge in [-0.25, -0.2) is 8.78 Å². The Labute approximate surface area is 76.6 Å². The van der Waals surface area contributed by atoms with Gasteiger partial charge in [-0.2, -0.15) is 0 Å². The Morgan fingerprint density at radius 3 is 2.08 bits per heavy atom. The Hall–Kier alpha value is -0.920. The average molecular weight is 182 g/mol. The number of alkyl halides is 2. The largest absolute Gasteiger partial charge is 0.248 e. The number of rotatable bonds is 2. The first kappa shape index (κ1) is 8.67. The van der Waals surface area contributed by atoms with Crippen molar-refractivity contribution in [2.75, 3.05) is 0 Å². The summed E-state index contributed by atoms with van der Waals surface area (Å²) < 4.78 is 25.3. The van der Waals surface area contributed by atoms with Gasteiger partial charge >= 0.3 is 0 Å². The molecular weight excluding hydrogens is 170 g/mol. The van der Waals surface area contributed by atoms with Gasteiger partial charge in [-0.15, -0.1) is 0 Å². The summed E-state index contributed by atoms with van der Waals surface area (Å²) in [6, 6.07) is 7.46. The molecule has 1 aromatic rings. The van der Waals surface area contributed by atoms with Crippen LogP contribution in [0, 0.1) is 6.92 Å². The highest BCUT2D eigenvalue weighted by atomic mass is 19.3. The predicted molar refractivity (Wildman–Crippen MR) is 48.1 cm³/mol. The summed E-state index contributed by atoms with van der Waals surface area (Å²) in [4.78, 5) is 0. The number of halogens is 2. The lowest BCUT2D eigenvalue weighted by Gasteiger charge is -2.14. The Morgan fingerprint density at radius 1 is 1.15 bits per heavy atom. The van der Waals surface area contributed by atoms with Gasteiger partial charge in [0.2, 0.25) is 6.43 Å². The van der Waals surface area contributed by atoms with E-state index in [1.165, 1.54) is 0 Å². The van der Waals surface area contributed by atoms with Gasteiger partial charge in [0.05, 0.1) is 5.41 Å². The molecule has 2 rings (SSSR count). The zero-order valence-corrected chi connectivity index (χ0v) is 7.56. The van der Waals surface area contributed by atoms with Crippen LogP contribution >= 0.6 is 0 Å². The third-order valence-corrected chi connectivity index (χ3v) is 2.83. The summed E-state index contributed by atoms with van der Waals surface area (Å²) >= 11 is 0. The zero-order valence-electron chi connectivity index (χ0n) is 7.56. The topological polar surface area (TPSA) is 0 Å². The zero-order chi connectivity index (χ0) is 9.47. The second kappa shape index (κ2) is 2.79. The summed E-state index contributed by atoms with van der Waals surface area (Å²) in [5, 5.41) is 0. The van der Waals surface area contributed by atoms with Crippen molar-refractivity contribution in [1.82, 2.24) is 0 Å². The molecule has 0 spiro atoms. The van der Waals surface area contributed by atoms with Crippen molar-refractivity contribution in [3.63, 3.8) is 0 Å². The van der Waals surface area contributed by atoms with Crippen molar-refractivity contribution in [3.8, 4) is 0 Å². The second-order valence-corrected chi connectivity index (χ2v) is 3.82. The molecule has 2 heteroatoms. The quantitative estimate of drug-likeness (QED) is 0.658. The number of aryl methyl sites for hydroxylation is 1. The molecule has 0 nitrogen and oxygen atoms in total. The van der Waals surface area contributed by atoms with Crippen LogP contribution in [0.4, 0.5) is 8.78 Å². The van der Waals surface area contributed by atoms with Gasteiger partial charge in [0, 0.05) is 0 Å². The molecule has 0 heterocycles. The van der Waals surface area contributed by atoms with Gasteiger partial charge in [0.15, 0.2) is 0 Å². The van der Waals surface area contributed by atoms with Crippen LogP contribution in [-0.2, 0) is 5.41 Å². The van der Waals surface area contributed by atoms with Crippen LogP contribution in [0.1, 0.15) is 24.0 Å². The normalized spacial score (nSPS) is 19.1. The van der Waals surface area contributed by atoms with E-state index < -0.39 is 11.8 Å². The molecule has 0 bridgehead atoms. The van der Waals surface area contributed by atoms with Crippen molar-refractivity contribution in [3.05, 3.63) is 35.4 Å². The molecule has 0 aliphatic heterocycles. The molecular formula is C11H12F2.